The van der Waals surface area contributed by atoms with Crippen molar-refractivity contribution in [2.24, 2.45) is 0 Å². The number of nitrogens with zero attached hydrogens (tertiary/aromatic N) is 1. The summed E-state index contributed by atoms with van der Waals surface area (Å²) in [5.41, 5.74) is 3.01. The maximum atomic E-state index is 12.5. The van der Waals surface area contributed by atoms with Gasteiger partial charge in [0.1, 0.15) is 5.75 Å². The standard InChI is InChI=1S/C21H27NO2/c1-4-14-22(15-5-2)16-21(23)19-8-6-17(7-9-19)18-10-12-20(24-3)13-11-18/h6-13H,4-5,14-16H2,1-3H3. The summed E-state index contributed by atoms with van der Waals surface area (Å²) in [6, 6.07) is 15.8. The quantitative estimate of drug-likeness (QED) is 0.628. The summed E-state index contributed by atoms with van der Waals surface area (Å²) in [6.07, 6.45) is 2.15. The molecule has 0 aliphatic heterocycles. The Balaban J connectivity index is 2.05. The predicted molar refractivity (Wildman–Crippen MR) is 99.8 cm³/mol. The number of benzene rings is 2. The molecule has 2 aromatic rings. The van der Waals surface area contributed by atoms with E-state index in [-0.39, 0.29) is 5.78 Å². The molecular formula is C21H27NO2. The first kappa shape index (κ1) is 18.2. The molecule has 24 heavy (non-hydrogen) atoms. The van der Waals surface area contributed by atoms with Crippen molar-refractivity contribution in [3.05, 3.63) is 54.1 Å². The molecule has 2 rings (SSSR count). The second kappa shape index (κ2) is 9.24. The number of ether oxygens (including phenoxy) is 1. The van der Waals surface area contributed by atoms with Crippen LogP contribution in [0.5, 0.6) is 5.75 Å². The van der Waals surface area contributed by atoms with Gasteiger partial charge in [-0.2, -0.15) is 0 Å². The Bertz CT molecular complexity index is 626. The van der Waals surface area contributed by atoms with Crippen LogP contribution >= 0.6 is 0 Å². The Morgan fingerprint density at radius 2 is 1.38 bits per heavy atom. The Kier molecular flexibility index (Phi) is 7.01. The zero-order valence-electron chi connectivity index (χ0n) is 14.9. The van der Waals surface area contributed by atoms with E-state index >= 15 is 0 Å². The molecule has 3 nitrogen and oxygen atoms in total. The fourth-order valence-electron chi connectivity index (χ4n) is 2.83. The van der Waals surface area contributed by atoms with Crippen molar-refractivity contribution in [2.75, 3.05) is 26.7 Å². The molecule has 128 valence electrons. The van der Waals surface area contributed by atoms with Gasteiger partial charge in [-0.25, -0.2) is 0 Å². The van der Waals surface area contributed by atoms with Gasteiger partial charge in [-0.3, -0.25) is 9.69 Å². The van der Waals surface area contributed by atoms with Crippen LogP contribution in [0.2, 0.25) is 0 Å². The van der Waals surface area contributed by atoms with Crippen molar-refractivity contribution in [1.29, 1.82) is 0 Å². The largest absolute Gasteiger partial charge is 0.497 e. The molecule has 0 aliphatic carbocycles. The molecule has 0 heterocycles. The molecule has 0 amide bonds. The van der Waals surface area contributed by atoms with Crippen LogP contribution in [-0.2, 0) is 0 Å². The SMILES string of the molecule is CCCN(CCC)CC(=O)c1ccc(-c2ccc(OC)cc2)cc1. The number of hydrogen-bond donors (Lipinski definition) is 0. The van der Waals surface area contributed by atoms with Crippen LogP contribution in [0.3, 0.4) is 0 Å². The van der Waals surface area contributed by atoms with Gasteiger partial charge in [-0.1, -0.05) is 50.2 Å². The van der Waals surface area contributed by atoms with Gasteiger partial charge in [0.05, 0.1) is 13.7 Å². The average Bonchev–Trinajstić information content (AvgIpc) is 2.62. The molecule has 0 N–H and O–H groups in total. The van der Waals surface area contributed by atoms with E-state index in [0.717, 1.165) is 48.4 Å². The Morgan fingerprint density at radius 3 is 1.83 bits per heavy atom. The number of ketones is 1. The molecule has 0 unspecified atom stereocenters. The summed E-state index contributed by atoms with van der Waals surface area (Å²) in [5, 5.41) is 0. The highest BCUT2D eigenvalue weighted by Gasteiger charge is 2.11. The Morgan fingerprint density at radius 1 is 0.875 bits per heavy atom. The minimum absolute atomic E-state index is 0.193. The lowest BCUT2D eigenvalue weighted by molar-refractivity contribution is 0.0930. The van der Waals surface area contributed by atoms with Gasteiger partial charge < -0.3 is 4.74 Å². The topological polar surface area (TPSA) is 29.5 Å². The van der Waals surface area contributed by atoms with E-state index in [1.165, 1.54) is 0 Å². The van der Waals surface area contributed by atoms with Gasteiger partial charge in [0.15, 0.2) is 5.78 Å². The maximum absolute atomic E-state index is 12.5. The highest BCUT2D eigenvalue weighted by molar-refractivity contribution is 5.98. The fraction of sp³-hybridized carbons (Fsp3) is 0.381. The minimum atomic E-state index is 0.193. The van der Waals surface area contributed by atoms with Crippen molar-refractivity contribution in [1.82, 2.24) is 4.90 Å². The highest BCUT2D eigenvalue weighted by atomic mass is 16.5. The molecule has 0 bridgehead atoms. The fourth-order valence-corrected chi connectivity index (χ4v) is 2.83. The maximum Gasteiger partial charge on any atom is 0.176 e. The number of carbonyl (C=O) groups excluding carboxylic acids is 1. The lowest BCUT2D eigenvalue weighted by Gasteiger charge is -2.19. The van der Waals surface area contributed by atoms with Crippen LogP contribution in [0.15, 0.2) is 48.5 Å². The van der Waals surface area contributed by atoms with E-state index in [0.29, 0.717) is 6.54 Å². The highest BCUT2D eigenvalue weighted by Crippen LogP contribution is 2.22. The van der Waals surface area contributed by atoms with Gasteiger partial charge in [-0.15, -0.1) is 0 Å². The van der Waals surface area contributed by atoms with Gasteiger partial charge in [0.2, 0.25) is 0 Å². The van der Waals surface area contributed by atoms with E-state index in [1.807, 2.05) is 48.5 Å². The van der Waals surface area contributed by atoms with Gasteiger partial charge in [0, 0.05) is 5.56 Å². The molecular weight excluding hydrogens is 298 g/mol. The van der Waals surface area contributed by atoms with Crippen LogP contribution in [0.4, 0.5) is 0 Å². The molecule has 0 spiro atoms. The first-order valence-electron chi connectivity index (χ1n) is 8.68. The summed E-state index contributed by atoms with van der Waals surface area (Å²) in [5.74, 6) is 1.04. The van der Waals surface area contributed by atoms with Gasteiger partial charge in [-0.05, 0) is 49.2 Å². The zero-order chi connectivity index (χ0) is 17.4. The number of rotatable bonds is 9. The zero-order valence-corrected chi connectivity index (χ0v) is 14.9. The molecule has 0 radical (unpaired) electrons. The summed E-state index contributed by atoms with van der Waals surface area (Å²) in [6.45, 7) is 6.75. The molecule has 0 aromatic heterocycles. The van der Waals surface area contributed by atoms with E-state index in [9.17, 15) is 4.79 Å². The van der Waals surface area contributed by atoms with Crippen molar-refractivity contribution in [2.45, 2.75) is 26.7 Å². The van der Waals surface area contributed by atoms with Gasteiger partial charge in [0.25, 0.3) is 0 Å². The third kappa shape index (κ3) is 4.93. The third-order valence-corrected chi connectivity index (χ3v) is 4.08. The normalized spacial score (nSPS) is 10.8. The van der Waals surface area contributed by atoms with Crippen LogP contribution in [-0.4, -0.2) is 37.4 Å². The van der Waals surface area contributed by atoms with E-state index in [4.69, 9.17) is 4.74 Å². The van der Waals surface area contributed by atoms with Crippen LogP contribution < -0.4 is 4.74 Å². The lowest BCUT2D eigenvalue weighted by atomic mass is 10.0. The average molecular weight is 325 g/mol. The molecule has 3 heteroatoms. The smallest absolute Gasteiger partial charge is 0.176 e. The third-order valence-electron chi connectivity index (χ3n) is 4.08. The molecule has 0 atom stereocenters. The van der Waals surface area contributed by atoms with Crippen molar-refractivity contribution >= 4 is 5.78 Å². The van der Waals surface area contributed by atoms with Crippen molar-refractivity contribution in [3.8, 4) is 16.9 Å². The second-order valence-electron chi connectivity index (χ2n) is 6.01. The molecule has 0 fully saturated rings. The van der Waals surface area contributed by atoms with Crippen LogP contribution in [0, 0.1) is 0 Å². The van der Waals surface area contributed by atoms with Crippen molar-refractivity contribution in [3.63, 3.8) is 0 Å². The molecule has 0 aliphatic rings. The molecule has 2 aromatic carbocycles. The lowest BCUT2D eigenvalue weighted by Crippen LogP contribution is -2.31. The Hall–Kier alpha value is -2.13. The number of methoxy groups -OCH3 is 1. The monoisotopic (exact) mass is 325 g/mol. The predicted octanol–water partition coefficient (Wildman–Crippen LogP) is 4.67. The first-order valence-corrected chi connectivity index (χ1v) is 8.68. The van der Waals surface area contributed by atoms with Crippen LogP contribution in [0.25, 0.3) is 11.1 Å². The second-order valence-corrected chi connectivity index (χ2v) is 6.01. The summed E-state index contributed by atoms with van der Waals surface area (Å²) in [7, 11) is 1.66. The number of carbonyl (C=O) groups is 1. The van der Waals surface area contributed by atoms with E-state index < -0.39 is 0 Å². The summed E-state index contributed by atoms with van der Waals surface area (Å²) in [4.78, 5) is 14.7. The van der Waals surface area contributed by atoms with E-state index in [2.05, 4.69) is 18.7 Å². The molecule has 0 saturated heterocycles. The minimum Gasteiger partial charge on any atom is -0.497 e. The number of hydrogen-bond acceptors (Lipinski definition) is 3. The van der Waals surface area contributed by atoms with Crippen molar-refractivity contribution < 1.29 is 9.53 Å². The van der Waals surface area contributed by atoms with E-state index in [1.54, 1.807) is 7.11 Å². The first-order chi connectivity index (χ1) is 11.7. The Labute approximate surface area is 145 Å². The summed E-state index contributed by atoms with van der Waals surface area (Å²) >= 11 is 0. The number of Topliss-reactive ketones (excluding diaryl/α,β-unsaturated/α-hetero) is 1. The van der Waals surface area contributed by atoms with Gasteiger partial charge >= 0.3 is 0 Å². The summed E-state index contributed by atoms with van der Waals surface area (Å²) < 4.78 is 5.18. The van der Waals surface area contributed by atoms with Crippen LogP contribution in [0.1, 0.15) is 37.0 Å². The molecule has 0 saturated carbocycles.